The molecule has 1 rings (SSSR count). The first-order valence-electron chi connectivity index (χ1n) is 6.58. The summed E-state index contributed by atoms with van der Waals surface area (Å²) >= 11 is 0. The van der Waals surface area contributed by atoms with Crippen LogP contribution in [-0.2, 0) is 0 Å². The fourth-order valence-corrected chi connectivity index (χ4v) is 1.73. The quantitative estimate of drug-likeness (QED) is 0.775. The van der Waals surface area contributed by atoms with E-state index < -0.39 is 5.41 Å². The molecular formula is C13H25N3O3. The highest BCUT2D eigenvalue weighted by molar-refractivity contribution is 4.96. The predicted octanol–water partition coefficient (Wildman–Crippen LogP) is 1.18. The SMILES string of the molecule is CC(C)c1noc(C(C)N(C)CC(C)(CO)CO)n1. The summed E-state index contributed by atoms with van der Waals surface area (Å²) in [6, 6.07) is -0.0579. The molecule has 0 aliphatic rings. The molecule has 110 valence electrons. The van der Waals surface area contributed by atoms with Crippen molar-refractivity contribution in [3.05, 3.63) is 11.7 Å². The van der Waals surface area contributed by atoms with Gasteiger partial charge in [-0.2, -0.15) is 4.98 Å². The molecule has 0 radical (unpaired) electrons. The van der Waals surface area contributed by atoms with Crippen molar-refractivity contribution in [2.45, 2.75) is 39.7 Å². The largest absolute Gasteiger partial charge is 0.396 e. The molecule has 0 amide bonds. The Morgan fingerprint density at radius 1 is 1.26 bits per heavy atom. The van der Waals surface area contributed by atoms with Crippen molar-refractivity contribution in [1.29, 1.82) is 0 Å². The molecule has 19 heavy (non-hydrogen) atoms. The minimum absolute atomic E-state index is 0.0579. The Labute approximate surface area is 114 Å². The molecule has 1 atom stereocenters. The van der Waals surface area contributed by atoms with E-state index in [0.717, 1.165) is 0 Å². The number of nitrogens with zero attached hydrogens (tertiary/aromatic N) is 3. The van der Waals surface area contributed by atoms with Crippen molar-refractivity contribution in [3.8, 4) is 0 Å². The molecule has 1 unspecified atom stereocenters. The standard InChI is InChI=1S/C13H25N3O3/c1-9(2)11-14-12(19-15-11)10(3)16(5)6-13(4,7-17)8-18/h9-10,17-18H,6-8H2,1-5H3. The van der Waals surface area contributed by atoms with Crippen LogP contribution in [-0.4, -0.2) is 52.1 Å². The van der Waals surface area contributed by atoms with Crippen LogP contribution in [0.4, 0.5) is 0 Å². The normalized spacial score (nSPS) is 14.4. The maximum Gasteiger partial charge on any atom is 0.243 e. The second-order valence-electron chi connectivity index (χ2n) is 5.86. The Balaban J connectivity index is 2.73. The first-order valence-corrected chi connectivity index (χ1v) is 6.58. The summed E-state index contributed by atoms with van der Waals surface area (Å²) in [5, 5.41) is 22.6. The molecule has 0 saturated carbocycles. The van der Waals surface area contributed by atoms with Crippen LogP contribution in [0, 0.1) is 5.41 Å². The number of aliphatic hydroxyl groups is 2. The van der Waals surface area contributed by atoms with Gasteiger partial charge in [-0.1, -0.05) is 25.9 Å². The zero-order valence-corrected chi connectivity index (χ0v) is 12.4. The molecule has 1 aromatic heterocycles. The van der Waals surface area contributed by atoms with Crippen LogP contribution in [0.25, 0.3) is 0 Å². The summed E-state index contributed by atoms with van der Waals surface area (Å²) in [7, 11) is 1.91. The van der Waals surface area contributed by atoms with Gasteiger partial charge in [0.15, 0.2) is 5.82 Å². The van der Waals surface area contributed by atoms with Gasteiger partial charge in [0, 0.05) is 17.9 Å². The molecular weight excluding hydrogens is 246 g/mol. The highest BCUT2D eigenvalue weighted by Crippen LogP contribution is 2.24. The Morgan fingerprint density at radius 3 is 2.26 bits per heavy atom. The molecule has 1 aromatic rings. The third-order valence-electron chi connectivity index (χ3n) is 3.39. The van der Waals surface area contributed by atoms with Gasteiger partial charge in [-0.15, -0.1) is 0 Å². The van der Waals surface area contributed by atoms with E-state index >= 15 is 0 Å². The van der Waals surface area contributed by atoms with Crippen molar-refractivity contribution in [3.63, 3.8) is 0 Å². The highest BCUT2D eigenvalue weighted by Gasteiger charge is 2.28. The van der Waals surface area contributed by atoms with Gasteiger partial charge in [-0.3, -0.25) is 4.90 Å². The monoisotopic (exact) mass is 271 g/mol. The third-order valence-corrected chi connectivity index (χ3v) is 3.39. The van der Waals surface area contributed by atoms with Gasteiger partial charge in [0.25, 0.3) is 0 Å². The predicted molar refractivity (Wildman–Crippen MR) is 71.7 cm³/mol. The van der Waals surface area contributed by atoms with Crippen LogP contribution in [0.2, 0.25) is 0 Å². The first-order chi connectivity index (χ1) is 8.83. The zero-order valence-electron chi connectivity index (χ0n) is 12.4. The van der Waals surface area contributed by atoms with Crippen LogP contribution >= 0.6 is 0 Å². The summed E-state index contributed by atoms with van der Waals surface area (Å²) in [5.41, 5.74) is -0.538. The lowest BCUT2D eigenvalue weighted by molar-refractivity contribution is 0.0287. The van der Waals surface area contributed by atoms with Crippen molar-refractivity contribution in [1.82, 2.24) is 15.0 Å². The van der Waals surface area contributed by atoms with Crippen molar-refractivity contribution in [2.24, 2.45) is 5.41 Å². The molecule has 0 aliphatic carbocycles. The summed E-state index contributed by atoms with van der Waals surface area (Å²) in [6.07, 6.45) is 0. The van der Waals surface area contributed by atoms with Crippen molar-refractivity contribution in [2.75, 3.05) is 26.8 Å². The minimum atomic E-state index is -0.538. The average molecular weight is 271 g/mol. The molecule has 0 aliphatic heterocycles. The minimum Gasteiger partial charge on any atom is -0.396 e. The van der Waals surface area contributed by atoms with E-state index in [1.54, 1.807) is 0 Å². The summed E-state index contributed by atoms with van der Waals surface area (Å²) in [4.78, 5) is 6.36. The van der Waals surface area contributed by atoms with Crippen LogP contribution in [0.5, 0.6) is 0 Å². The second kappa shape index (κ2) is 6.45. The van der Waals surface area contributed by atoms with Gasteiger partial charge in [-0.05, 0) is 14.0 Å². The molecule has 6 nitrogen and oxygen atoms in total. The second-order valence-corrected chi connectivity index (χ2v) is 5.86. The Morgan fingerprint density at radius 2 is 1.84 bits per heavy atom. The van der Waals surface area contributed by atoms with Crippen LogP contribution in [0.15, 0.2) is 4.52 Å². The maximum atomic E-state index is 9.33. The van der Waals surface area contributed by atoms with Crippen LogP contribution < -0.4 is 0 Å². The van der Waals surface area contributed by atoms with Gasteiger partial charge in [0.2, 0.25) is 5.89 Å². The van der Waals surface area contributed by atoms with E-state index in [1.165, 1.54) is 0 Å². The first kappa shape index (κ1) is 16.1. The van der Waals surface area contributed by atoms with Crippen molar-refractivity contribution >= 4 is 0 Å². The Hall–Kier alpha value is -0.980. The molecule has 0 bridgehead atoms. The number of hydrogen-bond donors (Lipinski definition) is 2. The third kappa shape index (κ3) is 3.99. The molecule has 2 N–H and O–H groups in total. The lowest BCUT2D eigenvalue weighted by Crippen LogP contribution is -2.40. The number of aliphatic hydroxyl groups excluding tert-OH is 2. The van der Waals surface area contributed by atoms with E-state index in [1.807, 2.05) is 39.6 Å². The summed E-state index contributed by atoms with van der Waals surface area (Å²) in [6.45, 7) is 8.23. The number of hydrogen-bond acceptors (Lipinski definition) is 6. The highest BCUT2D eigenvalue weighted by atomic mass is 16.5. The van der Waals surface area contributed by atoms with Gasteiger partial charge in [0.05, 0.1) is 19.3 Å². The molecule has 0 spiro atoms. The van der Waals surface area contributed by atoms with Gasteiger partial charge in [-0.25, -0.2) is 0 Å². The van der Waals surface area contributed by atoms with E-state index in [-0.39, 0.29) is 25.2 Å². The van der Waals surface area contributed by atoms with Crippen LogP contribution in [0.3, 0.4) is 0 Å². The molecule has 0 fully saturated rings. The lowest BCUT2D eigenvalue weighted by atomic mass is 9.92. The maximum absolute atomic E-state index is 9.33. The average Bonchev–Trinajstić information content (AvgIpc) is 2.87. The summed E-state index contributed by atoms with van der Waals surface area (Å²) < 4.78 is 5.26. The fourth-order valence-electron chi connectivity index (χ4n) is 1.73. The van der Waals surface area contributed by atoms with Gasteiger partial charge >= 0.3 is 0 Å². The molecule has 0 saturated heterocycles. The topological polar surface area (TPSA) is 82.6 Å². The van der Waals surface area contributed by atoms with E-state index in [2.05, 4.69) is 10.1 Å². The molecule has 6 heteroatoms. The fraction of sp³-hybridized carbons (Fsp3) is 0.846. The Bertz CT molecular complexity index is 388. The molecule has 0 aromatic carbocycles. The smallest absolute Gasteiger partial charge is 0.243 e. The van der Waals surface area contributed by atoms with Crippen molar-refractivity contribution < 1.29 is 14.7 Å². The Kier molecular flexibility index (Phi) is 5.46. The zero-order chi connectivity index (χ0) is 14.6. The van der Waals surface area contributed by atoms with E-state index in [9.17, 15) is 10.2 Å². The van der Waals surface area contributed by atoms with E-state index in [0.29, 0.717) is 18.3 Å². The lowest BCUT2D eigenvalue weighted by Gasteiger charge is -2.32. The summed E-state index contributed by atoms with van der Waals surface area (Å²) in [5.74, 6) is 1.49. The van der Waals surface area contributed by atoms with Gasteiger partial charge in [0.1, 0.15) is 0 Å². The number of aromatic nitrogens is 2. The van der Waals surface area contributed by atoms with E-state index in [4.69, 9.17) is 4.52 Å². The van der Waals surface area contributed by atoms with Gasteiger partial charge < -0.3 is 14.7 Å². The van der Waals surface area contributed by atoms with Crippen LogP contribution in [0.1, 0.15) is 51.4 Å². The molecule has 1 heterocycles. The number of rotatable bonds is 7.